The third-order valence-corrected chi connectivity index (χ3v) is 3.40. The number of amides is 3. The average Bonchev–Trinajstić information content (AvgIpc) is 2.38. The van der Waals surface area contributed by atoms with E-state index in [4.69, 9.17) is 5.11 Å². The Morgan fingerprint density at radius 3 is 2.47 bits per heavy atom. The quantitative estimate of drug-likeness (QED) is 0.671. The van der Waals surface area contributed by atoms with Gasteiger partial charge in [0.25, 0.3) is 0 Å². The van der Waals surface area contributed by atoms with Gasteiger partial charge in [-0.05, 0) is 12.8 Å². The zero-order valence-electron chi connectivity index (χ0n) is 11.3. The highest BCUT2D eigenvalue weighted by atomic mass is 16.4. The second-order valence-electron chi connectivity index (χ2n) is 4.81. The van der Waals surface area contributed by atoms with Crippen molar-refractivity contribution in [2.75, 3.05) is 20.6 Å². The molecule has 7 nitrogen and oxygen atoms in total. The third-order valence-electron chi connectivity index (χ3n) is 3.40. The van der Waals surface area contributed by atoms with Gasteiger partial charge in [-0.2, -0.15) is 0 Å². The fourth-order valence-electron chi connectivity index (χ4n) is 2.23. The van der Waals surface area contributed by atoms with E-state index in [2.05, 4.69) is 10.6 Å². The third kappa shape index (κ3) is 4.42. The molecular weight excluding hydrogens is 250 g/mol. The Labute approximate surface area is 112 Å². The van der Waals surface area contributed by atoms with Crippen molar-refractivity contribution in [2.24, 2.45) is 5.92 Å². The maximum absolute atomic E-state index is 11.9. The Bertz CT molecular complexity index is 359. The molecule has 0 saturated heterocycles. The molecule has 0 aliphatic heterocycles. The van der Waals surface area contributed by atoms with Crippen LogP contribution in [0, 0.1) is 5.92 Å². The number of rotatable bonds is 4. The zero-order chi connectivity index (χ0) is 14.4. The SMILES string of the molecule is CNC(=O)CN(C)C(=O)NC1CCCCC1C(=O)O. The molecule has 3 amide bonds. The lowest BCUT2D eigenvalue weighted by Crippen LogP contribution is -2.50. The molecule has 1 aliphatic rings. The van der Waals surface area contributed by atoms with Crippen molar-refractivity contribution in [1.82, 2.24) is 15.5 Å². The van der Waals surface area contributed by atoms with Crippen LogP contribution in [0.1, 0.15) is 25.7 Å². The molecule has 0 bridgehead atoms. The molecule has 0 aromatic rings. The van der Waals surface area contributed by atoms with E-state index in [-0.39, 0.29) is 18.5 Å². The second-order valence-corrected chi connectivity index (χ2v) is 4.81. The topological polar surface area (TPSA) is 98.7 Å². The van der Waals surface area contributed by atoms with Crippen molar-refractivity contribution in [3.8, 4) is 0 Å². The van der Waals surface area contributed by atoms with E-state index in [1.165, 1.54) is 19.0 Å². The minimum absolute atomic E-state index is 0.0488. The minimum Gasteiger partial charge on any atom is -0.481 e. The number of nitrogens with one attached hydrogen (secondary N) is 2. The number of carbonyl (C=O) groups excluding carboxylic acids is 2. The van der Waals surface area contributed by atoms with Crippen LogP contribution in [0.5, 0.6) is 0 Å². The van der Waals surface area contributed by atoms with Gasteiger partial charge in [-0.15, -0.1) is 0 Å². The number of nitrogens with zero attached hydrogens (tertiary/aromatic N) is 1. The van der Waals surface area contributed by atoms with E-state index in [0.29, 0.717) is 12.8 Å². The van der Waals surface area contributed by atoms with Crippen LogP contribution in [-0.4, -0.2) is 54.6 Å². The Balaban J connectivity index is 2.54. The summed E-state index contributed by atoms with van der Waals surface area (Å²) in [4.78, 5) is 35.4. The molecule has 3 N–H and O–H groups in total. The molecule has 1 fully saturated rings. The Hall–Kier alpha value is -1.79. The normalized spacial score (nSPS) is 22.4. The van der Waals surface area contributed by atoms with Gasteiger partial charge in [0, 0.05) is 20.1 Å². The molecule has 1 rings (SSSR count). The summed E-state index contributed by atoms with van der Waals surface area (Å²) in [5.41, 5.74) is 0. The molecule has 2 atom stereocenters. The van der Waals surface area contributed by atoms with Gasteiger partial charge in [-0.25, -0.2) is 4.79 Å². The highest BCUT2D eigenvalue weighted by molar-refractivity contribution is 5.84. The predicted octanol–water partition coefficient (Wildman–Crippen LogP) is 0.0172. The molecule has 108 valence electrons. The Kier molecular flexibility index (Phi) is 5.59. The molecule has 1 aliphatic carbocycles. The number of urea groups is 1. The molecule has 1 saturated carbocycles. The maximum Gasteiger partial charge on any atom is 0.317 e. The van der Waals surface area contributed by atoms with Gasteiger partial charge >= 0.3 is 12.0 Å². The van der Waals surface area contributed by atoms with Crippen molar-refractivity contribution < 1.29 is 19.5 Å². The first kappa shape index (κ1) is 15.3. The average molecular weight is 271 g/mol. The van der Waals surface area contributed by atoms with Gasteiger partial charge in [-0.1, -0.05) is 12.8 Å². The molecule has 0 spiro atoms. The van der Waals surface area contributed by atoms with Crippen LogP contribution < -0.4 is 10.6 Å². The number of likely N-dealkylation sites (N-methyl/N-ethyl adjacent to an activating group) is 2. The second kappa shape index (κ2) is 6.96. The molecule has 7 heteroatoms. The van der Waals surface area contributed by atoms with Crippen LogP contribution in [0.4, 0.5) is 4.79 Å². The van der Waals surface area contributed by atoms with Crippen LogP contribution in [0.2, 0.25) is 0 Å². The number of carboxylic acids is 1. The van der Waals surface area contributed by atoms with Gasteiger partial charge in [-0.3, -0.25) is 9.59 Å². The molecule has 19 heavy (non-hydrogen) atoms. The van der Waals surface area contributed by atoms with E-state index in [9.17, 15) is 14.4 Å². The van der Waals surface area contributed by atoms with Gasteiger partial charge in [0.15, 0.2) is 0 Å². The lowest BCUT2D eigenvalue weighted by molar-refractivity contribution is -0.143. The number of carboxylic acid groups (broad SMARTS) is 1. The summed E-state index contributed by atoms with van der Waals surface area (Å²) < 4.78 is 0. The van der Waals surface area contributed by atoms with Gasteiger partial charge in [0.1, 0.15) is 6.54 Å². The molecule has 0 radical (unpaired) electrons. The maximum atomic E-state index is 11.9. The monoisotopic (exact) mass is 271 g/mol. The van der Waals surface area contributed by atoms with Crippen LogP contribution in [-0.2, 0) is 9.59 Å². The minimum atomic E-state index is -0.876. The number of aliphatic carboxylic acids is 1. The Morgan fingerprint density at radius 1 is 1.26 bits per heavy atom. The van der Waals surface area contributed by atoms with Gasteiger partial charge in [0.05, 0.1) is 5.92 Å². The predicted molar refractivity (Wildman–Crippen MR) is 68.6 cm³/mol. The van der Waals surface area contributed by atoms with Crippen molar-refractivity contribution in [3.05, 3.63) is 0 Å². The fraction of sp³-hybridized carbons (Fsp3) is 0.750. The first-order valence-electron chi connectivity index (χ1n) is 6.40. The van der Waals surface area contributed by atoms with Crippen LogP contribution in [0.25, 0.3) is 0 Å². The summed E-state index contributed by atoms with van der Waals surface area (Å²) in [7, 11) is 3.00. The first-order chi connectivity index (χ1) is 8.95. The fourth-order valence-corrected chi connectivity index (χ4v) is 2.23. The Morgan fingerprint density at radius 2 is 1.89 bits per heavy atom. The summed E-state index contributed by atoms with van der Waals surface area (Å²) in [5, 5.41) is 14.2. The van der Waals surface area contributed by atoms with E-state index >= 15 is 0 Å². The summed E-state index contributed by atoms with van der Waals surface area (Å²) in [6.07, 6.45) is 3.03. The summed E-state index contributed by atoms with van der Waals surface area (Å²) in [6.45, 7) is -0.0488. The molecule has 2 unspecified atom stereocenters. The summed E-state index contributed by atoms with van der Waals surface area (Å²) >= 11 is 0. The molecular formula is C12H21N3O4. The molecule has 0 aromatic heterocycles. The lowest BCUT2D eigenvalue weighted by atomic mass is 9.84. The van der Waals surface area contributed by atoms with E-state index < -0.39 is 17.9 Å². The largest absolute Gasteiger partial charge is 0.481 e. The van der Waals surface area contributed by atoms with Crippen LogP contribution in [0.3, 0.4) is 0 Å². The highest BCUT2D eigenvalue weighted by Crippen LogP contribution is 2.24. The standard InChI is InChI=1S/C12H21N3O4/c1-13-10(16)7-15(2)12(19)14-9-6-4-3-5-8(9)11(17)18/h8-9H,3-7H2,1-2H3,(H,13,16)(H,14,19)(H,17,18). The van der Waals surface area contributed by atoms with E-state index in [1.807, 2.05) is 0 Å². The van der Waals surface area contributed by atoms with E-state index in [1.54, 1.807) is 0 Å². The van der Waals surface area contributed by atoms with Crippen molar-refractivity contribution in [3.63, 3.8) is 0 Å². The van der Waals surface area contributed by atoms with Crippen molar-refractivity contribution in [1.29, 1.82) is 0 Å². The lowest BCUT2D eigenvalue weighted by Gasteiger charge is -2.30. The van der Waals surface area contributed by atoms with Crippen LogP contribution >= 0.6 is 0 Å². The number of hydrogen-bond acceptors (Lipinski definition) is 3. The number of hydrogen-bond donors (Lipinski definition) is 3. The van der Waals surface area contributed by atoms with Gasteiger partial charge in [0.2, 0.25) is 5.91 Å². The van der Waals surface area contributed by atoms with Crippen molar-refractivity contribution in [2.45, 2.75) is 31.7 Å². The van der Waals surface area contributed by atoms with Crippen LogP contribution in [0.15, 0.2) is 0 Å². The summed E-state index contributed by atoms with van der Waals surface area (Å²) in [5.74, 6) is -1.68. The first-order valence-corrected chi connectivity index (χ1v) is 6.40. The molecule has 0 aromatic carbocycles. The van der Waals surface area contributed by atoms with Crippen molar-refractivity contribution >= 4 is 17.9 Å². The number of carbonyl (C=O) groups is 3. The van der Waals surface area contributed by atoms with Gasteiger partial charge < -0.3 is 20.6 Å². The van der Waals surface area contributed by atoms with E-state index in [0.717, 1.165) is 12.8 Å². The summed E-state index contributed by atoms with van der Waals surface area (Å²) in [6, 6.07) is -0.771. The highest BCUT2D eigenvalue weighted by Gasteiger charge is 2.32. The molecule has 0 heterocycles. The zero-order valence-corrected chi connectivity index (χ0v) is 11.3. The smallest absolute Gasteiger partial charge is 0.317 e.